The highest BCUT2D eigenvalue weighted by Gasteiger charge is 2.21. The third-order valence-corrected chi connectivity index (χ3v) is 5.72. The second-order valence-electron chi connectivity index (χ2n) is 7.40. The van der Waals surface area contributed by atoms with Gasteiger partial charge in [0.15, 0.2) is 5.65 Å². The number of para-hydroxylation sites is 1. The zero-order valence-electron chi connectivity index (χ0n) is 17.0. The van der Waals surface area contributed by atoms with E-state index in [1.807, 2.05) is 49.4 Å². The van der Waals surface area contributed by atoms with Crippen molar-refractivity contribution in [1.29, 1.82) is 0 Å². The lowest BCUT2D eigenvalue weighted by atomic mass is 10.1. The normalized spacial score (nSPS) is 12.2. The number of carbonyl (C=O) groups is 1. The van der Waals surface area contributed by atoms with Gasteiger partial charge in [0.25, 0.3) is 11.5 Å². The fourth-order valence-corrected chi connectivity index (χ4v) is 4.15. The van der Waals surface area contributed by atoms with Crippen molar-refractivity contribution < 1.29 is 4.79 Å². The van der Waals surface area contributed by atoms with Crippen LogP contribution in [0.2, 0.25) is 5.02 Å². The van der Waals surface area contributed by atoms with Crippen LogP contribution in [-0.2, 0) is 0 Å². The molecule has 0 unspecified atom stereocenters. The van der Waals surface area contributed by atoms with Crippen molar-refractivity contribution in [1.82, 2.24) is 24.8 Å². The number of fused-ring (bicyclic) bond motifs is 2. The van der Waals surface area contributed by atoms with Gasteiger partial charge in [0, 0.05) is 17.6 Å². The first-order valence-corrected chi connectivity index (χ1v) is 10.4. The average Bonchev–Trinajstić information content (AvgIpc) is 3.28. The van der Waals surface area contributed by atoms with E-state index in [9.17, 15) is 9.59 Å². The highest BCUT2D eigenvalue weighted by Crippen LogP contribution is 2.26. The summed E-state index contributed by atoms with van der Waals surface area (Å²) in [4.78, 5) is 37.8. The lowest BCUT2D eigenvalue weighted by Crippen LogP contribution is -2.32. The van der Waals surface area contributed by atoms with Crippen molar-refractivity contribution in [2.45, 2.75) is 13.0 Å². The molecule has 158 valence electrons. The Morgan fingerprint density at radius 3 is 2.72 bits per heavy atom. The van der Waals surface area contributed by atoms with E-state index in [0.29, 0.717) is 43.9 Å². The molecule has 5 aromatic rings. The number of nitrogens with one attached hydrogen (secondary N) is 2. The van der Waals surface area contributed by atoms with Crippen LogP contribution in [0.1, 0.15) is 29.0 Å². The van der Waals surface area contributed by atoms with Crippen molar-refractivity contribution >= 4 is 39.4 Å². The number of pyridine rings is 2. The van der Waals surface area contributed by atoms with Crippen molar-refractivity contribution in [3.63, 3.8) is 0 Å². The molecule has 3 heterocycles. The second kappa shape index (κ2) is 7.94. The largest absolute Gasteiger partial charge is 0.344 e. The zero-order chi connectivity index (χ0) is 22.2. The molecule has 1 amide bonds. The summed E-state index contributed by atoms with van der Waals surface area (Å²) in [6.07, 6.45) is 3.04. The summed E-state index contributed by atoms with van der Waals surface area (Å²) in [6.45, 7) is 1.84. The standard InChI is InChI=1S/C24H18ClN5O2/c1-14(29-23(31)17-10-11-26-22-21(17)27-13-28-22)19-12-15-6-5-9-18(25)20(15)24(32)30(19)16-7-3-2-4-8-16/h2-14H,1H3,(H,29,31)(H,26,27,28)/t14-/m0/s1. The lowest BCUT2D eigenvalue weighted by Gasteiger charge is -2.21. The molecule has 32 heavy (non-hydrogen) atoms. The minimum Gasteiger partial charge on any atom is -0.344 e. The number of halogens is 1. The van der Waals surface area contributed by atoms with Gasteiger partial charge in [-0.25, -0.2) is 9.97 Å². The maximum atomic E-state index is 13.5. The molecule has 0 aliphatic heterocycles. The van der Waals surface area contributed by atoms with E-state index < -0.39 is 6.04 Å². The summed E-state index contributed by atoms with van der Waals surface area (Å²) >= 11 is 6.36. The molecule has 0 saturated carbocycles. The Morgan fingerprint density at radius 1 is 1.09 bits per heavy atom. The van der Waals surface area contributed by atoms with Gasteiger partial charge in [-0.3, -0.25) is 14.2 Å². The number of amides is 1. The van der Waals surface area contributed by atoms with Crippen molar-refractivity contribution in [2.75, 3.05) is 0 Å². The quantitative estimate of drug-likeness (QED) is 0.430. The molecule has 0 fully saturated rings. The highest BCUT2D eigenvalue weighted by atomic mass is 35.5. The van der Waals surface area contributed by atoms with E-state index >= 15 is 0 Å². The van der Waals surface area contributed by atoms with Crippen LogP contribution in [0.15, 0.2) is 78.0 Å². The van der Waals surface area contributed by atoms with Crippen LogP contribution in [0, 0.1) is 0 Å². The van der Waals surface area contributed by atoms with Gasteiger partial charge in [0.1, 0.15) is 0 Å². The topological polar surface area (TPSA) is 92.7 Å². The van der Waals surface area contributed by atoms with Gasteiger partial charge in [-0.15, -0.1) is 0 Å². The van der Waals surface area contributed by atoms with Crippen LogP contribution in [-0.4, -0.2) is 25.4 Å². The highest BCUT2D eigenvalue weighted by molar-refractivity contribution is 6.35. The van der Waals surface area contributed by atoms with Crippen LogP contribution in [0.3, 0.4) is 0 Å². The van der Waals surface area contributed by atoms with Crippen molar-refractivity contribution in [2.24, 2.45) is 0 Å². The van der Waals surface area contributed by atoms with Crippen molar-refractivity contribution in [3.8, 4) is 5.69 Å². The summed E-state index contributed by atoms with van der Waals surface area (Å²) in [5.41, 5.74) is 2.54. The van der Waals surface area contributed by atoms with Crippen LogP contribution in [0.5, 0.6) is 0 Å². The van der Waals surface area contributed by atoms with Crippen LogP contribution in [0.25, 0.3) is 27.6 Å². The number of benzene rings is 2. The molecular formula is C24H18ClN5O2. The van der Waals surface area contributed by atoms with Gasteiger partial charge in [0.2, 0.25) is 0 Å². The molecule has 0 aliphatic rings. The number of hydrogen-bond acceptors (Lipinski definition) is 4. The minimum atomic E-state index is -0.482. The Balaban J connectivity index is 1.63. The summed E-state index contributed by atoms with van der Waals surface area (Å²) in [7, 11) is 0. The smallest absolute Gasteiger partial charge is 0.264 e. The molecule has 1 atom stereocenters. The Morgan fingerprint density at radius 2 is 1.91 bits per heavy atom. The summed E-state index contributed by atoms with van der Waals surface area (Å²) in [5, 5.41) is 4.54. The second-order valence-corrected chi connectivity index (χ2v) is 7.81. The summed E-state index contributed by atoms with van der Waals surface area (Å²) < 4.78 is 1.59. The number of aromatic nitrogens is 4. The molecule has 3 aromatic heterocycles. The van der Waals surface area contributed by atoms with Gasteiger partial charge >= 0.3 is 0 Å². The first-order chi connectivity index (χ1) is 15.5. The molecule has 0 saturated heterocycles. The lowest BCUT2D eigenvalue weighted by molar-refractivity contribution is 0.0940. The van der Waals surface area contributed by atoms with E-state index in [4.69, 9.17) is 11.6 Å². The Kier molecular flexibility index (Phi) is 4.95. The zero-order valence-corrected chi connectivity index (χ0v) is 17.8. The number of nitrogens with zero attached hydrogens (tertiary/aromatic N) is 3. The number of aromatic amines is 1. The molecule has 8 heteroatoms. The maximum Gasteiger partial charge on any atom is 0.264 e. The number of carbonyl (C=O) groups excluding carboxylic acids is 1. The van der Waals surface area contributed by atoms with E-state index in [0.717, 1.165) is 0 Å². The maximum absolute atomic E-state index is 13.5. The molecule has 0 spiro atoms. The number of imidazole rings is 1. The molecule has 7 nitrogen and oxygen atoms in total. The fourth-order valence-electron chi connectivity index (χ4n) is 3.89. The first-order valence-electron chi connectivity index (χ1n) is 10.0. The predicted molar refractivity (Wildman–Crippen MR) is 124 cm³/mol. The first kappa shape index (κ1) is 20.0. The summed E-state index contributed by atoms with van der Waals surface area (Å²) in [5.74, 6) is -0.299. The van der Waals surface area contributed by atoms with E-state index in [1.54, 1.807) is 29.0 Å². The Hall–Kier alpha value is -3.97. The van der Waals surface area contributed by atoms with Gasteiger partial charge in [-0.2, -0.15) is 0 Å². The minimum absolute atomic E-state index is 0.240. The van der Waals surface area contributed by atoms with Gasteiger partial charge in [-0.1, -0.05) is 41.9 Å². The van der Waals surface area contributed by atoms with E-state index in [2.05, 4.69) is 20.3 Å². The third kappa shape index (κ3) is 3.33. The number of rotatable bonds is 4. The molecule has 0 bridgehead atoms. The average molecular weight is 444 g/mol. The summed E-state index contributed by atoms with van der Waals surface area (Å²) in [6, 6.07) is 17.7. The molecule has 2 aromatic carbocycles. The van der Waals surface area contributed by atoms with Gasteiger partial charge in [-0.05, 0) is 42.6 Å². The number of H-pyrrole nitrogens is 1. The van der Waals surface area contributed by atoms with Crippen LogP contribution >= 0.6 is 11.6 Å². The number of hydrogen-bond donors (Lipinski definition) is 2. The third-order valence-electron chi connectivity index (χ3n) is 5.40. The Labute approximate surface area is 187 Å². The van der Waals surface area contributed by atoms with E-state index in [1.165, 1.54) is 6.33 Å². The van der Waals surface area contributed by atoms with E-state index in [-0.39, 0.29) is 11.5 Å². The predicted octanol–water partition coefficient (Wildman–Crippen LogP) is 4.41. The van der Waals surface area contributed by atoms with Crippen LogP contribution < -0.4 is 10.9 Å². The molecule has 0 aliphatic carbocycles. The van der Waals surface area contributed by atoms with Gasteiger partial charge < -0.3 is 10.3 Å². The van der Waals surface area contributed by atoms with Gasteiger partial charge in [0.05, 0.1) is 33.9 Å². The molecule has 2 N–H and O–H groups in total. The monoisotopic (exact) mass is 443 g/mol. The van der Waals surface area contributed by atoms with Crippen molar-refractivity contribution in [3.05, 3.63) is 99.8 Å². The SMILES string of the molecule is C[C@H](NC(=O)c1ccnc2nc[nH]c12)c1cc2cccc(Cl)c2c(=O)n1-c1ccccc1. The molecule has 5 rings (SSSR count). The Bertz CT molecular complexity index is 1520. The van der Waals surface area contributed by atoms with Crippen LogP contribution in [0.4, 0.5) is 0 Å². The molecular weight excluding hydrogens is 426 g/mol. The fraction of sp³-hybridized carbons (Fsp3) is 0.0833. The molecule has 0 radical (unpaired) electrons.